The first kappa shape index (κ1) is 24.0. The Kier molecular flexibility index (Phi) is 5.79. The molecule has 2 N–H and O–H groups in total. The van der Waals surface area contributed by atoms with E-state index >= 15 is 4.39 Å². The van der Waals surface area contributed by atoms with Crippen LogP contribution in [0.3, 0.4) is 0 Å². The number of pyridine rings is 2. The number of methoxy groups -OCH3 is 1. The lowest BCUT2D eigenvalue weighted by atomic mass is 10.0. The zero-order valence-electron chi connectivity index (χ0n) is 20.4. The molecule has 5 aromatic rings. The first-order valence-electron chi connectivity index (χ1n) is 12.0. The van der Waals surface area contributed by atoms with Crippen LogP contribution in [-0.2, 0) is 16.4 Å². The Morgan fingerprint density at radius 1 is 1.03 bits per heavy atom. The number of nitrogens with two attached hydrogens (primary N) is 1. The predicted octanol–water partition coefficient (Wildman–Crippen LogP) is 4.32. The van der Waals surface area contributed by atoms with Crippen molar-refractivity contribution >= 4 is 26.7 Å². The van der Waals surface area contributed by atoms with E-state index in [2.05, 4.69) is 19.9 Å². The van der Waals surface area contributed by atoms with Crippen LogP contribution in [0.25, 0.3) is 22.4 Å². The SMILES string of the molecule is COc1ccc(N)c(-c2ccc(Cc3cn(S(=O)(=O)c4ccccc4)c4ncnc(C5CC5)c34)c(F)n2)n1. The molecule has 1 saturated carbocycles. The van der Waals surface area contributed by atoms with E-state index in [4.69, 9.17) is 10.5 Å². The van der Waals surface area contributed by atoms with Crippen molar-refractivity contribution in [2.45, 2.75) is 30.1 Å². The second-order valence-electron chi connectivity index (χ2n) is 9.11. The summed E-state index contributed by atoms with van der Waals surface area (Å²) in [5.41, 5.74) is 8.90. The van der Waals surface area contributed by atoms with Crippen LogP contribution in [0.4, 0.5) is 10.1 Å². The minimum absolute atomic E-state index is 0.0983. The minimum atomic E-state index is -3.94. The van der Waals surface area contributed by atoms with E-state index in [0.29, 0.717) is 28.2 Å². The monoisotopic (exact) mass is 530 g/mol. The predicted molar refractivity (Wildman–Crippen MR) is 140 cm³/mol. The Bertz CT molecular complexity index is 1790. The summed E-state index contributed by atoms with van der Waals surface area (Å²) in [4.78, 5) is 17.4. The third kappa shape index (κ3) is 4.14. The smallest absolute Gasteiger partial charge is 0.269 e. The van der Waals surface area contributed by atoms with Gasteiger partial charge in [-0.15, -0.1) is 0 Å². The standard InChI is InChI=1S/C27H23FN6O3S/c1-37-22-12-10-20(29)25(33-22)21-11-9-17(26(28)32-21)13-18-14-34(38(35,36)19-5-3-2-4-6-19)27-23(18)24(16-7-8-16)30-15-31-27/h2-6,9-12,14-16H,7-8,13,29H2,1H3. The number of halogens is 1. The second-order valence-corrected chi connectivity index (χ2v) is 10.9. The molecule has 1 aliphatic carbocycles. The summed E-state index contributed by atoms with van der Waals surface area (Å²) in [7, 11) is -2.46. The van der Waals surface area contributed by atoms with Crippen molar-refractivity contribution in [2.75, 3.05) is 12.8 Å². The van der Waals surface area contributed by atoms with Crippen molar-refractivity contribution in [3.63, 3.8) is 0 Å². The highest BCUT2D eigenvalue weighted by Gasteiger charge is 2.31. The molecule has 0 radical (unpaired) electrons. The lowest BCUT2D eigenvalue weighted by molar-refractivity contribution is 0.398. The van der Waals surface area contributed by atoms with Crippen molar-refractivity contribution in [3.8, 4) is 17.3 Å². The van der Waals surface area contributed by atoms with Gasteiger partial charge in [-0.1, -0.05) is 24.3 Å². The molecule has 1 fully saturated rings. The van der Waals surface area contributed by atoms with Crippen LogP contribution in [0.2, 0.25) is 0 Å². The Hall–Kier alpha value is -4.38. The van der Waals surface area contributed by atoms with Crippen LogP contribution >= 0.6 is 0 Å². The van der Waals surface area contributed by atoms with Gasteiger partial charge in [0.25, 0.3) is 10.0 Å². The van der Waals surface area contributed by atoms with Crippen LogP contribution in [0.5, 0.6) is 5.88 Å². The van der Waals surface area contributed by atoms with Gasteiger partial charge in [0.05, 0.1) is 29.1 Å². The number of aromatic nitrogens is 5. The second kappa shape index (κ2) is 9.18. The summed E-state index contributed by atoms with van der Waals surface area (Å²) < 4.78 is 48.8. The lowest BCUT2D eigenvalue weighted by Gasteiger charge is -2.09. The average molecular weight is 531 g/mol. The van der Waals surface area contributed by atoms with Crippen LogP contribution in [0.15, 0.2) is 72.0 Å². The molecule has 0 unspecified atom stereocenters. The zero-order chi connectivity index (χ0) is 26.4. The summed E-state index contributed by atoms with van der Waals surface area (Å²) >= 11 is 0. The molecule has 0 spiro atoms. The van der Waals surface area contributed by atoms with Crippen molar-refractivity contribution in [3.05, 3.63) is 89.9 Å². The van der Waals surface area contributed by atoms with E-state index in [-0.39, 0.29) is 34.1 Å². The Labute approximate surface area is 218 Å². The molecule has 9 nitrogen and oxygen atoms in total. The van der Waals surface area contributed by atoms with E-state index in [0.717, 1.165) is 18.5 Å². The largest absolute Gasteiger partial charge is 0.481 e. The normalized spacial score (nSPS) is 13.6. The van der Waals surface area contributed by atoms with Gasteiger partial charge < -0.3 is 10.5 Å². The number of anilines is 1. The number of hydrogen-bond acceptors (Lipinski definition) is 8. The van der Waals surface area contributed by atoms with E-state index in [9.17, 15) is 8.42 Å². The molecule has 11 heteroatoms. The number of nitrogen functional groups attached to an aromatic ring is 1. The molecule has 0 atom stereocenters. The first-order valence-corrected chi connectivity index (χ1v) is 13.4. The molecular weight excluding hydrogens is 507 g/mol. The van der Waals surface area contributed by atoms with Gasteiger partial charge in [0.1, 0.15) is 12.0 Å². The van der Waals surface area contributed by atoms with Gasteiger partial charge in [0.15, 0.2) is 5.65 Å². The summed E-state index contributed by atoms with van der Waals surface area (Å²) in [6.45, 7) is 0. The average Bonchev–Trinajstić information content (AvgIpc) is 3.71. The summed E-state index contributed by atoms with van der Waals surface area (Å²) in [6.07, 6.45) is 4.92. The molecule has 192 valence electrons. The molecule has 4 heterocycles. The van der Waals surface area contributed by atoms with Gasteiger partial charge in [0, 0.05) is 35.6 Å². The third-order valence-corrected chi connectivity index (χ3v) is 8.25. The molecule has 1 aliphatic rings. The Balaban J connectivity index is 1.45. The zero-order valence-corrected chi connectivity index (χ0v) is 21.2. The molecule has 0 aliphatic heterocycles. The van der Waals surface area contributed by atoms with Gasteiger partial charge in [-0.2, -0.15) is 4.39 Å². The summed E-state index contributed by atoms with van der Waals surface area (Å²) in [5.74, 6) is -0.148. The number of hydrogen-bond donors (Lipinski definition) is 1. The maximum Gasteiger partial charge on any atom is 0.269 e. The molecule has 1 aromatic carbocycles. The molecule has 0 bridgehead atoms. The molecule has 38 heavy (non-hydrogen) atoms. The van der Waals surface area contributed by atoms with Gasteiger partial charge in [-0.05, 0) is 42.7 Å². The van der Waals surface area contributed by atoms with E-state index in [1.165, 1.54) is 35.7 Å². The maximum absolute atomic E-state index is 15.3. The highest BCUT2D eigenvalue weighted by molar-refractivity contribution is 7.90. The fourth-order valence-electron chi connectivity index (χ4n) is 4.52. The van der Waals surface area contributed by atoms with Crippen molar-refractivity contribution in [2.24, 2.45) is 0 Å². The van der Waals surface area contributed by atoms with Crippen molar-refractivity contribution in [1.82, 2.24) is 23.9 Å². The molecular formula is C27H23FN6O3S. The molecule has 4 aromatic heterocycles. The molecule has 0 saturated heterocycles. The van der Waals surface area contributed by atoms with Crippen molar-refractivity contribution in [1.29, 1.82) is 0 Å². The fraction of sp³-hybridized carbons (Fsp3) is 0.185. The molecule has 6 rings (SSSR count). The number of nitrogens with zero attached hydrogens (tertiary/aromatic N) is 5. The summed E-state index contributed by atoms with van der Waals surface area (Å²) in [6, 6.07) is 14.6. The van der Waals surface area contributed by atoms with Crippen molar-refractivity contribution < 1.29 is 17.5 Å². The topological polar surface area (TPSA) is 126 Å². The molecule has 0 amide bonds. The number of rotatable bonds is 7. The highest BCUT2D eigenvalue weighted by Crippen LogP contribution is 2.43. The van der Waals surface area contributed by atoms with Gasteiger partial charge >= 0.3 is 0 Å². The lowest BCUT2D eigenvalue weighted by Crippen LogP contribution is -2.12. The minimum Gasteiger partial charge on any atom is -0.481 e. The third-order valence-electron chi connectivity index (χ3n) is 6.58. The van der Waals surface area contributed by atoms with E-state index in [1.54, 1.807) is 42.5 Å². The Morgan fingerprint density at radius 3 is 2.53 bits per heavy atom. The first-order chi connectivity index (χ1) is 18.4. The highest BCUT2D eigenvalue weighted by atomic mass is 32.2. The maximum atomic E-state index is 15.3. The van der Waals surface area contributed by atoms with Crippen LogP contribution in [-0.4, -0.2) is 39.4 Å². The van der Waals surface area contributed by atoms with Gasteiger partial charge in [0.2, 0.25) is 11.8 Å². The number of fused-ring (bicyclic) bond motifs is 1. The van der Waals surface area contributed by atoms with Crippen LogP contribution < -0.4 is 10.5 Å². The fourth-order valence-corrected chi connectivity index (χ4v) is 5.88. The van der Waals surface area contributed by atoms with E-state index in [1.807, 2.05) is 0 Å². The van der Waals surface area contributed by atoms with Crippen LogP contribution in [0, 0.1) is 5.95 Å². The summed E-state index contributed by atoms with van der Waals surface area (Å²) in [5, 5.41) is 0.636. The number of ether oxygens (including phenoxy) is 1. The van der Waals surface area contributed by atoms with Gasteiger partial charge in [-0.3, -0.25) is 0 Å². The quantitative estimate of drug-likeness (QED) is 0.308. The van der Waals surface area contributed by atoms with Crippen LogP contribution in [0.1, 0.15) is 35.6 Å². The number of benzene rings is 1. The van der Waals surface area contributed by atoms with Gasteiger partial charge in [-0.25, -0.2) is 32.3 Å². The Morgan fingerprint density at radius 2 is 1.82 bits per heavy atom. The van der Waals surface area contributed by atoms with E-state index < -0.39 is 16.0 Å².